The first kappa shape index (κ1) is 74.5. The van der Waals surface area contributed by atoms with Gasteiger partial charge in [-0.15, -0.1) is 11.6 Å². The van der Waals surface area contributed by atoms with Crippen LogP contribution in [0.25, 0.3) is 0 Å². The van der Waals surface area contributed by atoms with Crippen molar-refractivity contribution >= 4 is 82.7 Å². The number of unbranched alkanes of at least 4 members (excludes halogenated alkanes) is 3. The van der Waals surface area contributed by atoms with Crippen molar-refractivity contribution in [3.63, 3.8) is 0 Å². The standard InChI is InChI=1S/C53H83ClN12O20/c1-4-6-9-21-85-30-12-10-11-28(22-30)14-15-29(68)23-38(70)58-36-26-86-53(84)41(37(69)25-54)65-51(81)42(43(73)52(82)83)66-44(74)31(5-2)59-50(80)40(27(3)67)64-47(77)34(17-20-57)61-45(75)32(13-7-8-18-55)60-48(78)35(24-39(71)72)63-46(76)33(16-19-56)62-49(36)79/h5,10-12,22,27,29,32-37,40-43,67-69,73H,4,6-9,13-21,23-26,55-57H2,1-3H3,(H,58,70)(H,59,80)(H,60,78)(H,61,75)(H,62,79)(H,63,76)(H,64,77)(H,65,81)(H,66,74)(H,71,72)(H,82,83)/b31-5-/t27-,29+,32+,33+,34+,35+,36-,37+,40-,41+,42-,43-/m0/s1. The quantitative estimate of drug-likeness (QED) is 0.0178. The van der Waals surface area contributed by atoms with E-state index in [1.807, 2.05) is 17.6 Å². The molecule has 0 spiro atoms. The van der Waals surface area contributed by atoms with Crippen LogP contribution in [0.3, 0.4) is 0 Å². The number of carbonyl (C=O) groups is 12. The van der Waals surface area contributed by atoms with Crippen LogP contribution >= 0.6 is 11.6 Å². The number of allylic oxidation sites excluding steroid dienone is 1. The second-order valence-electron chi connectivity index (χ2n) is 20.0. The first-order valence-electron chi connectivity index (χ1n) is 27.9. The molecule has 0 radical (unpaired) electrons. The van der Waals surface area contributed by atoms with Gasteiger partial charge in [0.2, 0.25) is 47.3 Å². The summed E-state index contributed by atoms with van der Waals surface area (Å²) in [6, 6.07) is -8.94. The number of hydrogen-bond donors (Lipinski definition) is 18. The van der Waals surface area contributed by atoms with Crippen molar-refractivity contribution in [3.05, 3.63) is 41.6 Å². The third kappa shape index (κ3) is 25.9. The van der Waals surface area contributed by atoms with Crippen LogP contribution in [-0.4, -0.2) is 213 Å². The van der Waals surface area contributed by atoms with Crippen molar-refractivity contribution < 1.29 is 97.6 Å². The minimum Gasteiger partial charge on any atom is -0.494 e. The van der Waals surface area contributed by atoms with Gasteiger partial charge in [-0.3, -0.25) is 47.9 Å². The van der Waals surface area contributed by atoms with E-state index in [-0.39, 0.29) is 58.2 Å². The van der Waals surface area contributed by atoms with Crippen molar-refractivity contribution in [1.29, 1.82) is 0 Å². The molecule has 1 aliphatic rings. The molecule has 33 heteroatoms. The molecule has 0 aliphatic carbocycles. The highest BCUT2D eigenvalue weighted by atomic mass is 35.5. The number of cyclic esters (lactones) is 1. The summed E-state index contributed by atoms with van der Waals surface area (Å²) < 4.78 is 11.1. The molecule has 0 unspecified atom stereocenters. The molecule has 1 aromatic carbocycles. The fourth-order valence-electron chi connectivity index (χ4n) is 8.20. The summed E-state index contributed by atoms with van der Waals surface area (Å²) in [6.45, 7) is 2.95. The third-order valence-corrected chi connectivity index (χ3v) is 13.3. The van der Waals surface area contributed by atoms with Crippen molar-refractivity contribution in [2.75, 3.05) is 38.7 Å². The Morgan fingerprint density at radius 1 is 0.721 bits per heavy atom. The Balaban J connectivity index is 2.78. The topological polar surface area (TPSA) is 531 Å². The Labute approximate surface area is 500 Å². The lowest BCUT2D eigenvalue weighted by Crippen LogP contribution is -2.62. The van der Waals surface area contributed by atoms with Gasteiger partial charge in [0, 0.05) is 0 Å². The number of amides is 9. The van der Waals surface area contributed by atoms with Gasteiger partial charge in [-0.05, 0) is 103 Å². The number of carbonyl (C=O) groups excluding carboxylic acids is 10. The number of halogens is 1. The lowest BCUT2D eigenvalue weighted by atomic mass is 10.0. The van der Waals surface area contributed by atoms with Gasteiger partial charge in [0.15, 0.2) is 12.1 Å². The van der Waals surface area contributed by atoms with E-state index in [0.717, 1.165) is 44.7 Å². The molecule has 1 fully saturated rings. The second kappa shape index (κ2) is 39.2. The number of hydrogen-bond acceptors (Lipinski definition) is 21. The van der Waals surface area contributed by atoms with E-state index in [4.69, 9.17) is 38.3 Å². The SMILES string of the molecule is C/C=C1\NC(=O)[C@H]([C@H](C)O)NC(=O)[C@@H](CCN)NC(=O)[C@@H](CCCCN)NC(=O)[C@@H](CC(=O)O)NC(=O)[C@@H](CCN)NC(=O)[C@@H](NC(=O)C[C@H](O)CCc2cccc(OCCCCC)c2)COC(=O)[C@@H]([C@H](O)CCl)NC(=O)[C@H]([C@H](O)C(=O)O)NC1=O. The lowest BCUT2D eigenvalue weighted by molar-refractivity contribution is -0.155. The monoisotopic (exact) mass is 1240 g/mol. The Kier molecular flexibility index (Phi) is 33.9. The van der Waals surface area contributed by atoms with E-state index in [1.54, 1.807) is 24.3 Å². The largest absolute Gasteiger partial charge is 0.494 e. The average Bonchev–Trinajstić information content (AvgIpc) is 3.24. The second-order valence-corrected chi connectivity index (χ2v) is 20.3. The predicted molar refractivity (Wildman–Crippen MR) is 303 cm³/mol. The van der Waals surface area contributed by atoms with E-state index in [2.05, 4.69) is 37.2 Å². The molecule has 0 bridgehead atoms. The fraction of sp³-hybridized carbons (Fsp3) is 0.623. The maximum Gasteiger partial charge on any atom is 0.335 e. The highest BCUT2D eigenvalue weighted by Crippen LogP contribution is 2.17. The Hall–Kier alpha value is -7.59. The number of aryl methyl sites for hydroxylation is 1. The maximum atomic E-state index is 14.2. The fourth-order valence-corrected chi connectivity index (χ4v) is 8.38. The van der Waals surface area contributed by atoms with Crippen molar-refractivity contribution in [2.24, 2.45) is 17.2 Å². The summed E-state index contributed by atoms with van der Waals surface area (Å²) in [4.78, 5) is 163. The normalized spacial score (nSPS) is 24.0. The van der Waals surface area contributed by atoms with E-state index in [1.165, 1.54) is 0 Å². The summed E-state index contributed by atoms with van der Waals surface area (Å²) in [5, 5.41) is 82.4. The molecule has 21 N–H and O–H groups in total. The van der Waals surface area contributed by atoms with Crippen molar-refractivity contribution in [2.45, 2.75) is 171 Å². The zero-order chi connectivity index (χ0) is 64.6. The molecule has 1 heterocycles. The van der Waals surface area contributed by atoms with E-state index in [0.29, 0.717) is 12.4 Å². The van der Waals surface area contributed by atoms with Crippen LogP contribution in [0.2, 0.25) is 0 Å². The molecule has 9 amide bonds. The summed E-state index contributed by atoms with van der Waals surface area (Å²) >= 11 is 5.87. The Morgan fingerprint density at radius 3 is 1.86 bits per heavy atom. The molecule has 1 saturated heterocycles. The predicted octanol–water partition coefficient (Wildman–Crippen LogP) is -5.88. The molecular weight excluding hydrogens is 1160 g/mol. The zero-order valence-corrected chi connectivity index (χ0v) is 48.8. The highest BCUT2D eigenvalue weighted by Gasteiger charge is 2.41. The van der Waals surface area contributed by atoms with Crippen LogP contribution in [0, 0.1) is 0 Å². The van der Waals surface area contributed by atoms with Gasteiger partial charge in [-0.1, -0.05) is 38.0 Å². The van der Waals surface area contributed by atoms with Crippen LogP contribution in [0.1, 0.15) is 97.0 Å². The van der Waals surface area contributed by atoms with Crippen molar-refractivity contribution in [3.8, 4) is 5.75 Å². The average molecular weight is 1240 g/mol. The number of alkyl halides is 1. The van der Waals surface area contributed by atoms with Crippen LogP contribution in [-0.2, 0) is 68.7 Å². The van der Waals surface area contributed by atoms with Crippen LogP contribution in [0.5, 0.6) is 5.75 Å². The Bertz CT molecular complexity index is 2510. The smallest absolute Gasteiger partial charge is 0.335 e. The van der Waals surface area contributed by atoms with Gasteiger partial charge in [-0.25, -0.2) is 9.59 Å². The number of aliphatic carboxylic acids is 2. The Morgan fingerprint density at radius 2 is 1.30 bits per heavy atom. The first-order chi connectivity index (χ1) is 40.7. The van der Waals surface area contributed by atoms with Gasteiger partial charge in [0.05, 0.1) is 43.6 Å². The van der Waals surface area contributed by atoms with Crippen LogP contribution < -0.4 is 69.8 Å². The van der Waals surface area contributed by atoms with Crippen LogP contribution in [0.4, 0.5) is 0 Å². The molecular formula is C53H83ClN12O20. The maximum absolute atomic E-state index is 14.2. The number of nitrogens with one attached hydrogen (secondary N) is 9. The number of aliphatic hydroxyl groups is 4. The molecule has 0 aromatic heterocycles. The third-order valence-electron chi connectivity index (χ3n) is 13.0. The molecule has 12 atom stereocenters. The lowest BCUT2D eigenvalue weighted by Gasteiger charge is -2.28. The van der Waals surface area contributed by atoms with E-state index < -0.39 is 181 Å². The molecule has 2 rings (SSSR count). The van der Waals surface area contributed by atoms with Crippen LogP contribution in [0.15, 0.2) is 36.0 Å². The number of ether oxygens (including phenoxy) is 2. The highest BCUT2D eigenvalue weighted by molar-refractivity contribution is 6.18. The number of aliphatic hydroxyl groups excluding tert-OH is 4. The summed E-state index contributed by atoms with van der Waals surface area (Å²) in [5.74, 6) is -17.4. The molecule has 0 saturated carbocycles. The minimum absolute atomic E-state index is 0.00266. The number of nitrogens with two attached hydrogens (primary N) is 3. The van der Waals surface area contributed by atoms with Gasteiger partial charge >= 0.3 is 17.9 Å². The van der Waals surface area contributed by atoms with Crippen molar-refractivity contribution in [1.82, 2.24) is 47.9 Å². The molecule has 482 valence electrons. The number of esters is 1. The number of rotatable bonds is 26. The van der Waals surface area contributed by atoms with Gasteiger partial charge in [0.25, 0.3) is 5.91 Å². The summed E-state index contributed by atoms with van der Waals surface area (Å²) in [6.07, 6.45) is -6.56. The molecule has 86 heavy (non-hydrogen) atoms. The summed E-state index contributed by atoms with van der Waals surface area (Å²) in [5.41, 5.74) is 17.2. The zero-order valence-electron chi connectivity index (χ0n) is 48.1. The van der Waals surface area contributed by atoms with E-state index in [9.17, 15) is 88.2 Å². The van der Waals surface area contributed by atoms with Gasteiger partial charge in [-0.2, -0.15) is 0 Å². The summed E-state index contributed by atoms with van der Waals surface area (Å²) in [7, 11) is 0. The number of carboxylic acids is 2. The number of carboxylic acid groups (broad SMARTS) is 2. The van der Waals surface area contributed by atoms with Gasteiger partial charge < -0.3 is 105 Å². The molecule has 1 aromatic rings. The molecule has 1 aliphatic heterocycles. The first-order valence-corrected chi connectivity index (χ1v) is 28.4. The van der Waals surface area contributed by atoms with Gasteiger partial charge in [0.1, 0.15) is 60.3 Å². The van der Waals surface area contributed by atoms with E-state index >= 15 is 0 Å². The molecule has 32 nitrogen and oxygen atoms in total. The minimum atomic E-state index is -2.85. The number of benzene rings is 1.